The Morgan fingerprint density at radius 3 is 2.53 bits per heavy atom. The molecule has 1 aromatic heterocycles. The molecule has 0 fully saturated rings. The fourth-order valence-electron chi connectivity index (χ4n) is 1.44. The molecule has 0 radical (unpaired) electrons. The van der Waals surface area contributed by atoms with Crippen LogP contribution in [0.5, 0.6) is 0 Å². The van der Waals surface area contributed by atoms with E-state index in [1.165, 1.54) is 0 Å². The molecule has 0 unspecified atom stereocenters. The Kier molecular flexibility index (Phi) is 6.11. The van der Waals surface area contributed by atoms with Crippen molar-refractivity contribution in [1.82, 2.24) is 9.97 Å². The van der Waals surface area contributed by atoms with Crippen LogP contribution in [0.2, 0.25) is 0 Å². The molecule has 1 aromatic rings. The van der Waals surface area contributed by atoms with Gasteiger partial charge in [-0.2, -0.15) is 0 Å². The Morgan fingerprint density at radius 1 is 1.29 bits per heavy atom. The van der Waals surface area contributed by atoms with Gasteiger partial charge in [0.2, 0.25) is 0 Å². The summed E-state index contributed by atoms with van der Waals surface area (Å²) in [4.78, 5) is 9.06. The summed E-state index contributed by atoms with van der Waals surface area (Å²) in [5.41, 5.74) is 1.09. The van der Waals surface area contributed by atoms with E-state index in [0.717, 1.165) is 27.5 Å². The molecule has 4 nitrogen and oxygen atoms in total. The zero-order chi connectivity index (χ0) is 12.8. The first-order valence-electron chi connectivity index (χ1n) is 5.98. The van der Waals surface area contributed by atoms with Crippen molar-refractivity contribution in [2.75, 3.05) is 18.5 Å². The molecule has 0 aliphatic carbocycles. The predicted molar refractivity (Wildman–Crippen MR) is 78.3 cm³/mol. The lowest BCUT2D eigenvalue weighted by Crippen LogP contribution is -2.11. The van der Waals surface area contributed by atoms with Gasteiger partial charge >= 0.3 is 0 Å². The normalized spacial score (nSPS) is 10.9. The van der Waals surface area contributed by atoms with Crippen LogP contribution in [-0.2, 0) is 11.3 Å². The number of ether oxygens (including phenoxy) is 1. The van der Waals surface area contributed by atoms with Crippen molar-refractivity contribution in [3.63, 3.8) is 0 Å². The van der Waals surface area contributed by atoms with Crippen molar-refractivity contribution in [2.24, 2.45) is 0 Å². The fourth-order valence-corrected chi connectivity index (χ4v) is 2.49. The molecule has 1 heterocycles. The highest BCUT2D eigenvalue weighted by atomic mass is 127. The monoisotopic (exact) mass is 349 g/mol. The molecular formula is C12H20IN3O. The maximum absolute atomic E-state index is 5.37. The number of nitrogens with zero attached hydrogens (tertiary/aromatic N) is 2. The minimum atomic E-state index is 0.391. The minimum Gasteiger partial charge on any atom is -0.374 e. The second-order valence-corrected chi connectivity index (χ2v) is 5.09. The molecule has 0 bridgehead atoms. The predicted octanol–water partition coefficient (Wildman–Crippen LogP) is 3.17. The lowest BCUT2D eigenvalue weighted by molar-refractivity contribution is 0.128. The number of nitrogens with one attached hydrogen (secondary N) is 1. The van der Waals surface area contributed by atoms with Gasteiger partial charge in [-0.1, -0.05) is 13.8 Å². The summed E-state index contributed by atoms with van der Waals surface area (Å²) in [5, 5.41) is 3.27. The van der Waals surface area contributed by atoms with Crippen molar-refractivity contribution in [3.8, 4) is 0 Å². The van der Waals surface area contributed by atoms with Gasteiger partial charge < -0.3 is 10.1 Å². The van der Waals surface area contributed by atoms with Crippen LogP contribution < -0.4 is 5.32 Å². The average molecular weight is 349 g/mol. The first-order chi connectivity index (χ1) is 8.10. The molecule has 0 atom stereocenters. The van der Waals surface area contributed by atoms with Crippen LogP contribution >= 0.6 is 22.6 Å². The summed E-state index contributed by atoms with van der Waals surface area (Å²) in [6.45, 7) is 10.3. The summed E-state index contributed by atoms with van der Waals surface area (Å²) in [7, 11) is 0. The third kappa shape index (κ3) is 4.06. The Labute approximate surface area is 117 Å². The molecule has 0 saturated carbocycles. The molecule has 1 rings (SSSR count). The maximum Gasteiger partial charge on any atom is 0.156 e. The lowest BCUT2D eigenvalue weighted by Gasteiger charge is -2.14. The number of aromatic nitrogens is 2. The maximum atomic E-state index is 5.37. The second-order valence-electron chi connectivity index (χ2n) is 4.01. The second kappa shape index (κ2) is 7.10. The van der Waals surface area contributed by atoms with Gasteiger partial charge in [-0.15, -0.1) is 0 Å². The number of anilines is 1. The zero-order valence-corrected chi connectivity index (χ0v) is 13.0. The fraction of sp³-hybridized carbons (Fsp3) is 0.667. The van der Waals surface area contributed by atoms with Crippen molar-refractivity contribution >= 4 is 28.4 Å². The van der Waals surface area contributed by atoms with Gasteiger partial charge in [-0.3, -0.25) is 0 Å². The van der Waals surface area contributed by atoms with Crippen LogP contribution in [-0.4, -0.2) is 23.1 Å². The van der Waals surface area contributed by atoms with Crippen LogP contribution in [0.25, 0.3) is 0 Å². The summed E-state index contributed by atoms with van der Waals surface area (Å²) in [6.07, 6.45) is 0. The van der Waals surface area contributed by atoms with E-state index in [4.69, 9.17) is 4.74 Å². The molecule has 96 valence electrons. The van der Waals surface area contributed by atoms with Crippen LogP contribution in [0.1, 0.15) is 45.1 Å². The highest BCUT2D eigenvalue weighted by Gasteiger charge is 2.14. The highest BCUT2D eigenvalue weighted by Crippen LogP contribution is 2.25. The highest BCUT2D eigenvalue weighted by molar-refractivity contribution is 14.1. The summed E-state index contributed by atoms with van der Waals surface area (Å²) < 4.78 is 6.48. The largest absolute Gasteiger partial charge is 0.374 e. The van der Waals surface area contributed by atoms with E-state index in [1.807, 2.05) is 6.92 Å². The van der Waals surface area contributed by atoms with Gasteiger partial charge in [-0.25, -0.2) is 9.97 Å². The van der Waals surface area contributed by atoms with Crippen LogP contribution in [0.15, 0.2) is 0 Å². The molecule has 1 N–H and O–H groups in total. The van der Waals surface area contributed by atoms with Crippen molar-refractivity contribution in [1.29, 1.82) is 0 Å². The Hall–Kier alpha value is -0.430. The average Bonchev–Trinajstić information content (AvgIpc) is 2.29. The molecule has 0 aliphatic heterocycles. The van der Waals surface area contributed by atoms with Crippen LogP contribution in [0, 0.1) is 3.57 Å². The van der Waals surface area contributed by atoms with Crippen molar-refractivity contribution in [2.45, 2.75) is 40.2 Å². The Balaban J connectivity index is 3.07. The van der Waals surface area contributed by atoms with E-state index >= 15 is 0 Å². The van der Waals surface area contributed by atoms with Crippen LogP contribution in [0.4, 0.5) is 5.82 Å². The summed E-state index contributed by atoms with van der Waals surface area (Å²) in [5.74, 6) is 2.07. The van der Waals surface area contributed by atoms with E-state index in [0.29, 0.717) is 19.1 Å². The molecule has 0 aliphatic rings. The summed E-state index contributed by atoms with van der Waals surface area (Å²) in [6, 6.07) is 0. The molecule has 0 aromatic carbocycles. The molecule has 5 heteroatoms. The Morgan fingerprint density at radius 2 is 2.00 bits per heavy atom. The van der Waals surface area contributed by atoms with E-state index in [1.54, 1.807) is 0 Å². The SMILES string of the molecule is CCNc1nc(COCC)nc(C(C)C)c1I. The third-order valence-electron chi connectivity index (χ3n) is 2.25. The van der Waals surface area contributed by atoms with Crippen molar-refractivity contribution < 1.29 is 4.74 Å². The van der Waals surface area contributed by atoms with Gasteiger partial charge in [0.05, 0.1) is 9.26 Å². The molecule has 0 spiro atoms. The number of hydrogen-bond acceptors (Lipinski definition) is 4. The van der Waals surface area contributed by atoms with E-state index in [-0.39, 0.29) is 0 Å². The first-order valence-corrected chi connectivity index (χ1v) is 7.05. The standard InChI is InChI=1S/C12H20IN3O/c1-5-14-12-10(13)11(8(3)4)15-9(16-12)7-17-6-2/h8H,5-7H2,1-4H3,(H,14,15,16). The minimum absolute atomic E-state index is 0.391. The van der Waals surface area contributed by atoms with E-state index < -0.39 is 0 Å². The van der Waals surface area contributed by atoms with Gasteiger partial charge in [0.15, 0.2) is 5.82 Å². The lowest BCUT2D eigenvalue weighted by atomic mass is 10.1. The number of halogens is 1. The summed E-state index contributed by atoms with van der Waals surface area (Å²) >= 11 is 2.31. The van der Waals surface area contributed by atoms with E-state index in [9.17, 15) is 0 Å². The Bertz CT molecular complexity index is 369. The molecule has 17 heavy (non-hydrogen) atoms. The quantitative estimate of drug-likeness (QED) is 0.802. The van der Waals surface area contributed by atoms with Gasteiger partial charge in [-0.05, 0) is 42.4 Å². The molecule has 0 saturated heterocycles. The van der Waals surface area contributed by atoms with Gasteiger partial charge in [0.1, 0.15) is 12.4 Å². The van der Waals surface area contributed by atoms with Crippen LogP contribution in [0.3, 0.4) is 0 Å². The van der Waals surface area contributed by atoms with Crippen molar-refractivity contribution in [3.05, 3.63) is 15.1 Å². The smallest absolute Gasteiger partial charge is 0.156 e. The number of rotatable bonds is 6. The van der Waals surface area contributed by atoms with Gasteiger partial charge in [0.25, 0.3) is 0 Å². The third-order valence-corrected chi connectivity index (χ3v) is 3.31. The van der Waals surface area contributed by atoms with E-state index in [2.05, 4.69) is 58.6 Å². The van der Waals surface area contributed by atoms with Gasteiger partial charge in [0, 0.05) is 13.2 Å². The zero-order valence-electron chi connectivity index (χ0n) is 10.9. The molecular weight excluding hydrogens is 329 g/mol. The first kappa shape index (κ1) is 14.6. The topological polar surface area (TPSA) is 47.0 Å². The molecule has 0 amide bonds. The number of hydrogen-bond donors (Lipinski definition) is 1.